The Morgan fingerprint density at radius 2 is 1.10 bits per heavy atom. The number of nitrogens with zero attached hydrogens (tertiary/aromatic N) is 1. The van der Waals surface area contributed by atoms with Crippen LogP contribution in [0.15, 0.2) is 30.3 Å². The van der Waals surface area contributed by atoms with Crippen molar-refractivity contribution < 1.29 is 14.4 Å². The second-order valence-electron chi connectivity index (χ2n) is 9.42. The van der Waals surface area contributed by atoms with Gasteiger partial charge in [-0.05, 0) is 12.8 Å². The van der Waals surface area contributed by atoms with Gasteiger partial charge < -0.3 is 15.7 Å². The molecule has 4 heteroatoms. The maximum atomic E-state index is 9.00. The van der Waals surface area contributed by atoms with Crippen molar-refractivity contribution in [2.45, 2.75) is 110 Å². The second kappa shape index (κ2) is 21.8. The van der Waals surface area contributed by atoms with E-state index in [1.165, 1.54) is 102 Å². The molecule has 182 valence electrons. The Kier molecular flexibility index (Phi) is 22.4. The highest BCUT2D eigenvalue weighted by molar-refractivity contribution is 5.62. The van der Waals surface area contributed by atoms with Gasteiger partial charge in [-0.3, -0.25) is 4.79 Å². The summed E-state index contributed by atoms with van der Waals surface area (Å²) in [7, 11) is 4.74. The van der Waals surface area contributed by atoms with Crippen LogP contribution >= 0.6 is 0 Å². The summed E-state index contributed by atoms with van der Waals surface area (Å²) in [5.41, 5.74) is 1.46. The van der Waals surface area contributed by atoms with Crippen LogP contribution in [-0.4, -0.2) is 36.2 Å². The molecule has 1 aromatic rings. The molecule has 0 aromatic heterocycles. The maximum absolute atomic E-state index is 9.00. The van der Waals surface area contributed by atoms with E-state index in [-0.39, 0.29) is 6.15 Å². The first-order valence-corrected chi connectivity index (χ1v) is 12.4. The van der Waals surface area contributed by atoms with Crippen molar-refractivity contribution in [1.29, 1.82) is 0 Å². The lowest BCUT2D eigenvalue weighted by molar-refractivity contribution is -0.903. The molecule has 0 fully saturated rings. The average molecular weight is 438 g/mol. The van der Waals surface area contributed by atoms with E-state index >= 15 is 0 Å². The molecule has 0 saturated heterocycles. The van der Waals surface area contributed by atoms with E-state index < -0.39 is 5.97 Å². The van der Waals surface area contributed by atoms with Gasteiger partial charge in [0.15, 0.2) is 0 Å². The Morgan fingerprint density at radius 3 is 1.48 bits per heavy atom. The highest BCUT2D eigenvalue weighted by atomic mass is 16.4. The normalized spacial score (nSPS) is 10.7. The first-order valence-electron chi connectivity index (χ1n) is 12.4. The van der Waals surface area contributed by atoms with E-state index in [4.69, 9.17) is 9.90 Å². The molecule has 0 saturated carbocycles. The third kappa shape index (κ3) is 24.7. The molecule has 0 aliphatic rings. The third-order valence-corrected chi connectivity index (χ3v) is 5.57. The molecule has 0 atom stereocenters. The molecular weight excluding hydrogens is 384 g/mol. The summed E-state index contributed by atoms with van der Waals surface area (Å²) >= 11 is 0. The number of unbranched alkanes of at least 4 members (excludes halogenated alkanes) is 13. The number of hydrogen-bond donors (Lipinski definition) is 2. The molecule has 0 unspecified atom stereocenters. The minimum atomic E-state index is -0.833. The van der Waals surface area contributed by atoms with Crippen LogP contribution in [0.25, 0.3) is 0 Å². The summed E-state index contributed by atoms with van der Waals surface area (Å²) in [5.74, 6) is -0.833. The number of aliphatic carboxylic acids is 1. The zero-order valence-electron chi connectivity index (χ0n) is 21.2. The molecule has 0 aliphatic heterocycles. The quantitative estimate of drug-likeness (QED) is 0.191. The predicted octanol–water partition coefficient (Wildman–Crippen LogP) is 8.00. The van der Waals surface area contributed by atoms with Crippen LogP contribution in [0.4, 0.5) is 0 Å². The lowest BCUT2D eigenvalue weighted by Crippen LogP contribution is -2.39. The summed E-state index contributed by atoms with van der Waals surface area (Å²) in [4.78, 5) is 9.00. The van der Waals surface area contributed by atoms with Gasteiger partial charge in [-0.25, -0.2) is 0 Å². The van der Waals surface area contributed by atoms with Crippen molar-refractivity contribution >= 4 is 5.97 Å². The fraction of sp³-hybridized carbons (Fsp3) is 0.741. The van der Waals surface area contributed by atoms with E-state index in [0.29, 0.717) is 0 Å². The fourth-order valence-corrected chi connectivity index (χ4v) is 3.89. The van der Waals surface area contributed by atoms with E-state index in [2.05, 4.69) is 51.4 Å². The van der Waals surface area contributed by atoms with Crippen molar-refractivity contribution in [2.75, 3.05) is 20.6 Å². The number of quaternary nitrogens is 1. The Balaban J connectivity index is 0. The van der Waals surface area contributed by atoms with Gasteiger partial charge in [0.1, 0.15) is 6.54 Å². The van der Waals surface area contributed by atoms with Gasteiger partial charge in [0.05, 0.1) is 20.6 Å². The largest absolute Gasteiger partial charge is 0.481 e. The third-order valence-electron chi connectivity index (χ3n) is 5.57. The Hall–Kier alpha value is -1.39. The summed E-state index contributed by atoms with van der Waals surface area (Å²) in [6.45, 7) is 5.83. The molecule has 0 spiro atoms. The minimum Gasteiger partial charge on any atom is -0.481 e. The number of benzene rings is 1. The van der Waals surface area contributed by atoms with Crippen molar-refractivity contribution in [3.63, 3.8) is 0 Å². The van der Waals surface area contributed by atoms with E-state index in [9.17, 15) is 0 Å². The molecule has 0 amide bonds. The number of rotatable bonds is 17. The molecule has 4 N–H and O–H groups in total. The Labute approximate surface area is 193 Å². The van der Waals surface area contributed by atoms with Gasteiger partial charge in [0.25, 0.3) is 5.97 Å². The number of carboxylic acids is 1. The SMILES string of the molecule is CC(=O)O.CCCCCCCCCCCCCCCC[N+](C)(C)Cc1ccccc1.N. The van der Waals surface area contributed by atoms with Gasteiger partial charge in [0, 0.05) is 12.5 Å². The zero-order chi connectivity index (χ0) is 22.5. The van der Waals surface area contributed by atoms with Crippen LogP contribution in [0.5, 0.6) is 0 Å². The lowest BCUT2D eigenvalue weighted by Gasteiger charge is -2.30. The van der Waals surface area contributed by atoms with Crippen molar-refractivity contribution in [3.8, 4) is 0 Å². The highest BCUT2D eigenvalue weighted by Gasteiger charge is 2.14. The van der Waals surface area contributed by atoms with Crippen LogP contribution in [-0.2, 0) is 11.3 Å². The summed E-state index contributed by atoms with van der Waals surface area (Å²) in [6.07, 6.45) is 20.2. The molecule has 0 heterocycles. The van der Waals surface area contributed by atoms with Crippen LogP contribution < -0.4 is 6.15 Å². The van der Waals surface area contributed by atoms with E-state index in [1.807, 2.05) is 0 Å². The first kappa shape index (κ1) is 31.8. The summed E-state index contributed by atoms with van der Waals surface area (Å²) in [6, 6.07) is 10.9. The molecule has 0 radical (unpaired) electrons. The van der Waals surface area contributed by atoms with Gasteiger partial charge >= 0.3 is 0 Å². The number of carboxylic acid groups (broad SMARTS) is 1. The van der Waals surface area contributed by atoms with Crippen LogP contribution in [0.3, 0.4) is 0 Å². The summed E-state index contributed by atoms with van der Waals surface area (Å²) in [5, 5.41) is 7.42. The molecule has 31 heavy (non-hydrogen) atoms. The Morgan fingerprint density at radius 1 is 0.742 bits per heavy atom. The molecule has 1 rings (SSSR count). The molecule has 0 bridgehead atoms. The highest BCUT2D eigenvalue weighted by Crippen LogP contribution is 2.14. The van der Waals surface area contributed by atoms with Gasteiger partial charge in [-0.1, -0.05) is 114 Å². The van der Waals surface area contributed by atoms with E-state index in [0.717, 1.165) is 18.0 Å². The van der Waals surface area contributed by atoms with Crippen molar-refractivity contribution in [1.82, 2.24) is 6.15 Å². The number of carbonyl (C=O) groups is 1. The van der Waals surface area contributed by atoms with Gasteiger partial charge in [-0.15, -0.1) is 0 Å². The van der Waals surface area contributed by atoms with Gasteiger partial charge in [0.2, 0.25) is 0 Å². The van der Waals surface area contributed by atoms with E-state index in [1.54, 1.807) is 0 Å². The van der Waals surface area contributed by atoms with Crippen LogP contribution in [0.2, 0.25) is 0 Å². The number of hydrogen-bond acceptors (Lipinski definition) is 2. The fourth-order valence-electron chi connectivity index (χ4n) is 3.89. The second-order valence-corrected chi connectivity index (χ2v) is 9.42. The Bertz CT molecular complexity index is 499. The van der Waals surface area contributed by atoms with Crippen molar-refractivity contribution in [3.05, 3.63) is 35.9 Å². The molecule has 4 nitrogen and oxygen atoms in total. The zero-order valence-corrected chi connectivity index (χ0v) is 21.2. The molecule has 1 aromatic carbocycles. The van der Waals surface area contributed by atoms with Crippen LogP contribution in [0.1, 0.15) is 109 Å². The molecule has 0 aliphatic carbocycles. The summed E-state index contributed by atoms with van der Waals surface area (Å²) < 4.78 is 1.11. The average Bonchev–Trinajstić information content (AvgIpc) is 2.68. The molecular formula is C27H53N2O2+. The van der Waals surface area contributed by atoms with Crippen LogP contribution in [0, 0.1) is 0 Å². The minimum absolute atomic E-state index is 0. The monoisotopic (exact) mass is 437 g/mol. The standard InChI is InChI=1S/C25H46N.C2H4O2.H3N/c1-4-5-6-7-8-9-10-11-12-13-14-15-16-20-23-26(2,3)24-25-21-18-17-19-22-25;1-2(3)4;/h17-19,21-22H,4-16,20,23-24H2,1-3H3;1H3,(H,3,4);1H3/q+1;;. The predicted molar refractivity (Wildman–Crippen MR) is 136 cm³/mol. The first-order chi connectivity index (χ1) is 14.4. The maximum Gasteiger partial charge on any atom is 0.300 e. The lowest BCUT2D eigenvalue weighted by atomic mass is 10.0. The van der Waals surface area contributed by atoms with Gasteiger partial charge in [-0.2, -0.15) is 0 Å². The topological polar surface area (TPSA) is 72.3 Å². The van der Waals surface area contributed by atoms with Crippen molar-refractivity contribution in [2.24, 2.45) is 0 Å². The smallest absolute Gasteiger partial charge is 0.300 e.